The summed E-state index contributed by atoms with van der Waals surface area (Å²) < 4.78 is 13.1. The van der Waals surface area contributed by atoms with Crippen molar-refractivity contribution in [2.24, 2.45) is 5.73 Å². The lowest BCUT2D eigenvalue weighted by atomic mass is 9.94. The fraction of sp³-hybridized carbons (Fsp3) is 0.304. The number of halogens is 1. The molecule has 0 bridgehead atoms. The lowest BCUT2D eigenvalue weighted by Gasteiger charge is -2.33. The lowest BCUT2D eigenvalue weighted by molar-refractivity contribution is -0.133. The zero-order valence-corrected chi connectivity index (χ0v) is 16.4. The minimum atomic E-state index is -0.624. The third kappa shape index (κ3) is 4.07. The summed E-state index contributed by atoms with van der Waals surface area (Å²) in [5, 5.41) is 0. The highest BCUT2D eigenvalue weighted by molar-refractivity contribution is 5.83. The van der Waals surface area contributed by atoms with Gasteiger partial charge in [0.25, 0.3) is 0 Å². The average molecular weight is 392 g/mol. The van der Waals surface area contributed by atoms with Crippen molar-refractivity contribution in [3.8, 4) is 11.3 Å². The Balaban J connectivity index is 1.39. The number of carbonyl (C=O) groups is 1. The van der Waals surface area contributed by atoms with Crippen LogP contribution in [0.5, 0.6) is 0 Å². The highest BCUT2D eigenvalue weighted by atomic mass is 19.1. The van der Waals surface area contributed by atoms with Crippen molar-refractivity contribution in [3.63, 3.8) is 0 Å². The molecule has 3 N–H and O–H groups in total. The minimum Gasteiger partial charge on any atom is -0.342 e. The summed E-state index contributed by atoms with van der Waals surface area (Å²) in [6, 6.07) is 13.5. The minimum absolute atomic E-state index is 0.0239. The molecule has 5 nitrogen and oxygen atoms in total. The van der Waals surface area contributed by atoms with E-state index in [1.54, 1.807) is 18.3 Å². The Hall–Kier alpha value is -2.99. The molecule has 2 aromatic carbocycles. The number of benzene rings is 2. The molecule has 0 saturated carbocycles. The second kappa shape index (κ2) is 8.17. The largest absolute Gasteiger partial charge is 0.342 e. The standard InChI is InChI=1S/C23H25FN4O/c1-15-4-2-3-5-19(15)21(25)23(29)28-12-10-17(11-13-28)22-26-14-20(27-22)16-6-8-18(24)9-7-16/h2-9,14,17,21H,10-13,25H2,1H3,(H,26,27). The predicted molar refractivity (Wildman–Crippen MR) is 111 cm³/mol. The third-order valence-corrected chi connectivity index (χ3v) is 5.73. The van der Waals surface area contributed by atoms with Crippen molar-refractivity contribution >= 4 is 5.91 Å². The van der Waals surface area contributed by atoms with Crippen LogP contribution in [-0.4, -0.2) is 33.9 Å². The highest BCUT2D eigenvalue weighted by Gasteiger charge is 2.29. The van der Waals surface area contributed by atoms with Crippen molar-refractivity contribution in [3.05, 3.63) is 77.5 Å². The van der Waals surface area contributed by atoms with E-state index >= 15 is 0 Å². The summed E-state index contributed by atoms with van der Waals surface area (Å²) in [6.45, 7) is 3.30. The molecule has 150 valence electrons. The number of nitrogens with one attached hydrogen (secondary N) is 1. The second-order valence-electron chi connectivity index (χ2n) is 7.62. The highest BCUT2D eigenvalue weighted by Crippen LogP contribution is 2.29. The molecule has 1 unspecified atom stereocenters. The van der Waals surface area contributed by atoms with Crippen molar-refractivity contribution in [1.29, 1.82) is 0 Å². The van der Waals surface area contributed by atoms with E-state index in [9.17, 15) is 9.18 Å². The number of rotatable bonds is 4. The Kier molecular flexibility index (Phi) is 5.45. The summed E-state index contributed by atoms with van der Waals surface area (Å²) in [4.78, 5) is 22.6. The van der Waals surface area contributed by atoms with E-state index in [1.807, 2.05) is 36.1 Å². The first kappa shape index (κ1) is 19.3. The van der Waals surface area contributed by atoms with Crippen molar-refractivity contribution in [2.75, 3.05) is 13.1 Å². The number of nitrogens with two attached hydrogens (primary N) is 1. The normalized spacial score (nSPS) is 16.0. The number of imidazole rings is 1. The van der Waals surface area contributed by atoms with Crippen LogP contribution in [0.25, 0.3) is 11.3 Å². The van der Waals surface area contributed by atoms with Gasteiger partial charge < -0.3 is 15.6 Å². The molecule has 0 spiro atoms. The quantitative estimate of drug-likeness (QED) is 0.706. The molecule has 0 aliphatic carbocycles. The van der Waals surface area contributed by atoms with E-state index in [4.69, 9.17) is 5.73 Å². The Bertz CT molecular complexity index is 990. The van der Waals surface area contributed by atoms with Crippen LogP contribution in [0.15, 0.2) is 54.7 Å². The number of aromatic nitrogens is 2. The number of hydrogen-bond acceptors (Lipinski definition) is 3. The average Bonchev–Trinajstić information content (AvgIpc) is 3.24. The van der Waals surface area contributed by atoms with Crippen molar-refractivity contribution in [1.82, 2.24) is 14.9 Å². The van der Waals surface area contributed by atoms with Gasteiger partial charge in [-0.3, -0.25) is 4.79 Å². The van der Waals surface area contributed by atoms with Crippen LogP contribution >= 0.6 is 0 Å². The van der Waals surface area contributed by atoms with Gasteiger partial charge in [-0.05, 0) is 60.7 Å². The SMILES string of the molecule is Cc1ccccc1C(N)C(=O)N1CCC(c2ncc(-c3ccc(F)cc3)[nH]2)CC1. The molecular weight excluding hydrogens is 367 g/mol. The third-order valence-electron chi connectivity index (χ3n) is 5.73. The van der Waals surface area contributed by atoms with Crippen molar-refractivity contribution in [2.45, 2.75) is 31.7 Å². The maximum Gasteiger partial charge on any atom is 0.244 e. The molecule has 29 heavy (non-hydrogen) atoms. The zero-order chi connectivity index (χ0) is 20.4. The number of likely N-dealkylation sites (tertiary alicyclic amines) is 1. The first-order chi connectivity index (χ1) is 14.0. The van der Waals surface area contributed by atoms with Gasteiger partial charge in [0.05, 0.1) is 11.9 Å². The molecule has 1 atom stereocenters. The topological polar surface area (TPSA) is 75.0 Å². The molecule has 1 saturated heterocycles. The molecule has 6 heteroatoms. The summed E-state index contributed by atoms with van der Waals surface area (Å²) >= 11 is 0. The monoisotopic (exact) mass is 392 g/mol. The van der Waals surface area contributed by atoms with Crippen LogP contribution in [0.3, 0.4) is 0 Å². The molecule has 1 fully saturated rings. The van der Waals surface area contributed by atoms with Crippen LogP contribution < -0.4 is 5.73 Å². The van der Waals surface area contributed by atoms with Gasteiger partial charge in [0.1, 0.15) is 17.7 Å². The molecule has 1 aliphatic heterocycles. The fourth-order valence-corrected chi connectivity index (χ4v) is 3.96. The number of carbonyl (C=O) groups excluding carboxylic acids is 1. The first-order valence-electron chi connectivity index (χ1n) is 9.93. The summed E-state index contributed by atoms with van der Waals surface area (Å²) in [5.41, 5.74) is 9.96. The summed E-state index contributed by atoms with van der Waals surface area (Å²) in [5.74, 6) is 0.904. The maximum atomic E-state index is 13.1. The number of amides is 1. The molecule has 1 aliphatic rings. The fourth-order valence-electron chi connectivity index (χ4n) is 3.96. The lowest BCUT2D eigenvalue weighted by Crippen LogP contribution is -2.43. The number of aromatic amines is 1. The summed E-state index contributed by atoms with van der Waals surface area (Å²) in [6.07, 6.45) is 3.46. The molecule has 1 amide bonds. The number of nitrogens with zero attached hydrogens (tertiary/aromatic N) is 2. The van der Waals surface area contributed by atoms with Crippen LogP contribution in [0.4, 0.5) is 4.39 Å². The number of H-pyrrole nitrogens is 1. The van der Waals surface area contributed by atoms with Gasteiger partial charge in [-0.15, -0.1) is 0 Å². The number of aryl methyl sites for hydroxylation is 1. The maximum absolute atomic E-state index is 13.1. The van der Waals surface area contributed by atoms with Gasteiger partial charge in [0.2, 0.25) is 5.91 Å². The summed E-state index contributed by atoms with van der Waals surface area (Å²) in [7, 11) is 0. The van der Waals surface area contributed by atoms with E-state index < -0.39 is 6.04 Å². The van der Waals surface area contributed by atoms with E-state index in [0.29, 0.717) is 13.1 Å². The van der Waals surface area contributed by atoms with Gasteiger partial charge in [-0.2, -0.15) is 0 Å². The Morgan fingerprint density at radius 1 is 1.17 bits per heavy atom. The zero-order valence-electron chi connectivity index (χ0n) is 16.4. The van der Waals surface area contributed by atoms with Crippen LogP contribution in [0.2, 0.25) is 0 Å². The van der Waals surface area contributed by atoms with Gasteiger partial charge in [-0.1, -0.05) is 24.3 Å². The Morgan fingerprint density at radius 3 is 2.55 bits per heavy atom. The van der Waals surface area contributed by atoms with E-state index in [2.05, 4.69) is 9.97 Å². The smallest absolute Gasteiger partial charge is 0.244 e. The van der Waals surface area contributed by atoms with Gasteiger partial charge >= 0.3 is 0 Å². The molecule has 3 aromatic rings. The van der Waals surface area contributed by atoms with Crippen molar-refractivity contribution < 1.29 is 9.18 Å². The molecular formula is C23H25FN4O. The van der Waals surface area contributed by atoms with E-state index in [0.717, 1.165) is 41.1 Å². The molecule has 4 rings (SSSR count). The second-order valence-corrected chi connectivity index (χ2v) is 7.62. The van der Waals surface area contributed by atoms with Gasteiger partial charge in [-0.25, -0.2) is 9.37 Å². The predicted octanol–water partition coefficient (Wildman–Crippen LogP) is 3.93. The first-order valence-corrected chi connectivity index (χ1v) is 9.93. The van der Waals surface area contributed by atoms with Crippen LogP contribution in [0.1, 0.15) is 41.8 Å². The Labute approximate surface area is 169 Å². The van der Waals surface area contributed by atoms with Crippen LogP contribution in [-0.2, 0) is 4.79 Å². The Morgan fingerprint density at radius 2 is 1.86 bits per heavy atom. The molecule has 2 heterocycles. The van der Waals surface area contributed by atoms with E-state index in [1.165, 1.54) is 12.1 Å². The number of piperidine rings is 1. The number of hydrogen-bond donors (Lipinski definition) is 2. The van der Waals surface area contributed by atoms with Gasteiger partial charge in [0.15, 0.2) is 0 Å². The molecule has 0 radical (unpaired) electrons. The van der Waals surface area contributed by atoms with Gasteiger partial charge in [0, 0.05) is 19.0 Å². The molecule has 1 aromatic heterocycles. The van der Waals surface area contributed by atoms with E-state index in [-0.39, 0.29) is 17.6 Å². The van der Waals surface area contributed by atoms with Crippen LogP contribution in [0, 0.1) is 12.7 Å².